The van der Waals surface area contributed by atoms with Gasteiger partial charge in [0, 0.05) is 6.04 Å². The van der Waals surface area contributed by atoms with Crippen molar-refractivity contribution in [3.63, 3.8) is 0 Å². The van der Waals surface area contributed by atoms with Crippen molar-refractivity contribution < 1.29 is 21.9 Å². The van der Waals surface area contributed by atoms with Crippen molar-refractivity contribution in [2.45, 2.75) is 31.4 Å². The van der Waals surface area contributed by atoms with E-state index in [1.54, 1.807) is 32.0 Å². The second-order valence-electron chi connectivity index (χ2n) is 5.23. The van der Waals surface area contributed by atoms with Gasteiger partial charge in [0.25, 0.3) is 0 Å². The molecule has 130 valence electrons. The molecule has 1 unspecified atom stereocenters. The molecule has 1 N–H and O–H groups in total. The lowest BCUT2D eigenvalue weighted by Crippen LogP contribution is -2.27. The number of benzene rings is 2. The van der Waals surface area contributed by atoms with Gasteiger partial charge < -0.3 is 4.74 Å². The lowest BCUT2D eigenvalue weighted by molar-refractivity contribution is -0.0499. The van der Waals surface area contributed by atoms with Gasteiger partial charge in [0.15, 0.2) is 0 Å². The Hall–Kier alpha value is -1.70. The van der Waals surface area contributed by atoms with Gasteiger partial charge in [0.2, 0.25) is 10.0 Å². The molecule has 1 atom stereocenters. The fraction of sp³-hybridized carbons (Fsp3) is 0.250. The Kier molecular flexibility index (Phi) is 5.79. The molecule has 2 rings (SSSR count). The summed E-state index contributed by atoms with van der Waals surface area (Å²) in [5.41, 5.74) is 1.32. The lowest BCUT2D eigenvalue weighted by Gasteiger charge is -2.16. The van der Waals surface area contributed by atoms with Crippen molar-refractivity contribution in [1.82, 2.24) is 4.72 Å². The second kappa shape index (κ2) is 7.46. The minimum absolute atomic E-state index is 0.0399. The number of nitrogens with one attached hydrogen (secondary N) is 1. The van der Waals surface area contributed by atoms with Crippen LogP contribution < -0.4 is 9.46 Å². The third kappa shape index (κ3) is 4.66. The number of rotatable bonds is 6. The minimum atomic E-state index is -3.86. The lowest BCUT2D eigenvalue weighted by atomic mass is 10.1. The molecule has 0 saturated heterocycles. The molecule has 24 heavy (non-hydrogen) atoms. The summed E-state index contributed by atoms with van der Waals surface area (Å²) in [7, 11) is -3.86. The molecule has 0 radical (unpaired) electrons. The van der Waals surface area contributed by atoms with Crippen LogP contribution in [0.5, 0.6) is 5.75 Å². The van der Waals surface area contributed by atoms with Crippen molar-refractivity contribution in [3.8, 4) is 5.75 Å². The van der Waals surface area contributed by atoms with Crippen LogP contribution in [0.3, 0.4) is 0 Å². The first-order valence-electron chi connectivity index (χ1n) is 7.02. The highest BCUT2D eigenvalue weighted by Gasteiger charge is 2.21. The first kappa shape index (κ1) is 18.6. The number of sulfonamides is 1. The molecular weight excluding hydrogens is 360 g/mol. The fourth-order valence-corrected chi connectivity index (χ4v) is 3.98. The summed E-state index contributed by atoms with van der Waals surface area (Å²) < 4.78 is 56.3. The van der Waals surface area contributed by atoms with Gasteiger partial charge in [-0.3, -0.25) is 0 Å². The number of hydrogen-bond acceptors (Lipinski definition) is 3. The van der Waals surface area contributed by atoms with Gasteiger partial charge in [-0.25, -0.2) is 13.1 Å². The number of aryl methyl sites for hydroxylation is 1. The SMILES string of the molecule is Cc1ccc(S(=O)(=O)NC(C)c2cccc(OC(F)F)c2)c(Cl)c1. The van der Waals surface area contributed by atoms with E-state index in [1.807, 2.05) is 0 Å². The molecule has 2 aromatic carbocycles. The van der Waals surface area contributed by atoms with Crippen molar-refractivity contribution in [1.29, 1.82) is 0 Å². The van der Waals surface area contributed by atoms with Gasteiger partial charge in [-0.1, -0.05) is 29.8 Å². The number of ether oxygens (including phenoxy) is 1. The van der Waals surface area contributed by atoms with Crippen molar-refractivity contribution in [2.24, 2.45) is 0 Å². The molecule has 0 heterocycles. The smallest absolute Gasteiger partial charge is 0.387 e. The van der Waals surface area contributed by atoms with Crippen LogP contribution in [0.1, 0.15) is 24.1 Å². The zero-order chi connectivity index (χ0) is 17.9. The molecule has 0 aromatic heterocycles. The monoisotopic (exact) mass is 375 g/mol. The van der Waals surface area contributed by atoms with E-state index in [1.165, 1.54) is 24.3 Å². The van der Waals surface area contributed by atoms with E-state index in [0.29, 0.717) is 5.56 Å². The van der Waals surface area contributed by atoms with Gasteiger partial charge in [0.05, 0.1) is 5.02 Å². The Morgan fingerprint density at radius 2 is 1.88 bits per heavy atom. The summed E-state index contributed by atoms with van der Waals surface area (Å²) in [6.07, 6.45) is 0. The Morgan fingerprint density at radius 1 is 1.17 bits per heavy atom. The Labute approximate surface area is 144 Å². The Morgan fingerprint density at radius 3 is 2.50 bits per heavy atom. The van der Waals surface area contributed by atoms with Crippen LogP contribution >= 0.6 is 11.6 Å². The second-order valence-corrected chi connectivity index (χ2v) is 7.32. The predicted molar refractivity (Wildman–Crippen MR) is 88.0 cm³/mol. The van der Waals surface area contributed by atoms with Crippen LogP contribution in [-0.4, -0.2) is 15.0 Å². The predicted octanol–water partition coefficient (Wildman–Crippen LogP) is 4.29. The van der Waals surface area contributed by atoms with Crippen molar-refractivity contribution >= 4 is 21.6 Å². The highest BCUT2D eigenvalue weighted by molar-refractivity contribution is 7.89. The molecule has 0 saturated carbocycles. The minimum Gasteiger partial charge on any atom is -0.435 e. The van der Waals surface area contributed by atoms with E-state index in [0.717, 1.165) is 5.56 Å². The summed E-state index contributed by atoms with van der Waals surface area (Å²) in [6.45, 7) is 0.451. The van der Waals surface area contributed by atoms with Crippen LogP contribution in [0.2, 0.25) is 5.02 Å². The molecule has 4 nitrogen and oxygen atoms in total. The molecule has 0 aliphatic rings. The van der Waals surface area contributed by atoms with Crippen LogP contribution in [-0.2, 0) is 10.0 Å². The van der Waals surface area contributed by atoms with Gasteiger partial charge in [0.1, 0.15) is 10.6 Å². The third-order valence-corrected chi connectivity index (χ3v) is 5.32. The number of hydrogen-bond donors (Lipinski definition) is 1. The van der Waals surface area contributed by atoms with Crippen LogP contribution in [0.4, 0.5) is 8.78 Å². The van der Waals surface area contributed by atoms with E-state index >= 15 is 0 Å². The summed E-state index contributed by atoms with van der Waals surface area (Å²) in [6, 6.07) is 9.81. The van der Waals surface area contributed by atoms with E-state index in [4.69, 9.17) is 11.6 Å². The van der Waals surface area contributed by atoms with Gasteiger partial charge in [-0.2, -0.15) is 8.78 Å². The third-order valence-electron chi connectivity index (χ3n) is 3.29. The average Bonchev–Trinajstić information content (AvgIpc) is 2.45. The maximum atomic E-state index is 12.5. The van der Waals surface area contributed by atoms with Gasteiger partial charge in [-0.05, 0) is 49.2 Å². The molecule has 0 bridgehead atoms. The zero-order valence-corrected chi connectivity index (χ0v) is 14.5. The van der Waals surface area contributed by atoms with Crippen LogP contribution in [0.25, 0.3) is 0 Å². The molecule has 0 fully saturated rings. The van der Waals surface area contributed by atoms with E-state index in [-0.39, 0.29) is 15.7 Å². The molecule has 2 aromatic rings. The summed E-state index contributed by atoms with van der Waals surface area (Å²) in [4.78, 5) is -0.0402. The molecule has 0 spiro atoms. The van der Waals surface area contributed by atoms with E-state index < -0.39 is 22.7 Å². The van der Waals surface area contributed by atoms with E-state index in [2.05, 4.69) is 9.46 Å². The maximum absolute atomic E-state index is 12.5. The summed E-state index contributed by atoms with van der Waals surface area (Å²) >= 11 is 6.00. The average molecular weight is 376 g/mol. The molecule has 0 amide bonds. The normalized spacial score (nSPS) is 13.1. The fourth-order valence-electron chi connectivity index (χ4n) is 2.15. The molecule has 0 aliphatic heterocycles. The topological polar surface area (TPSA) is 55.4 Å². The Bertz CT molecular complexity index is 828. The van der Waals surface area contributed by atoms with Crippen LogP contribution in [0, 0.1) is 6.92 Å². The standard InChI is InChI=1S/C16H16ClF2NO3S/c1-10-6-7-15(14(17)8-10)24(21,22)20-11(2)12-4-3-5-13(9-12)23-16(18)19/h3-9,11,16,20H,1-2H3. The quantitative estimate of drug-likeness (QED) is 0.819. The molecule has 8 heteroatoms. The van der Waals surface area contributed by atoms with Gasteiger partial charge >= 0.3 is 6.61 Å². The van der Waals surface area contributed by atoms with Crippen molar-refractivity contribution in [3.05, 3.63) is 58.6 Å². The van der Waals surface area contributed by atoms with Crippen LogP contribution in [0.15, 0.2) is 47.4 Å². The first-order valence-corrected chi connectivity index (χ1v) is 8.88. The van der Waals surface area contributed by atoms with E-state index in [9.17, 15) is 17.2 Å². The summed E-state index contributed by atoms with van der Waals surface area (Å²) in [5, 5.41) is 0.115. The highest BCUT2D eigenvalue weighted by atomic mass is 35.5. The number of alkyl halides is 2. The highest BCUT2D eigenvalue weighted by Crippen LogP contribution is 2.26. The van der Waals surface area contributed by atoms with Gasteiger partial charge in [-0.15, -0.1) is 0 Å². The number of halogens is 3. The maximum Gasteiger partial charge on any atom is 0.387 e. The Balaban J connectivity index is 2.23. The van der Waals surface area contributed by atoms with Crippen molar-refractivity contribution in [2.75, 3.05) is 0 Å². The molecular formula is C16H16ClF2NO3S. The zero-order valence-electron chi connectivity index (χ0n) is 13.0. The first-order chi connectivity index (χ1) is 11.2. The molecule has 0 aliphatic carbocycles. The largest absolute Gasteiger partial charge is 0.435 e. The summed E-state index contributed by atoms with van der Waals surface area (Å²) in [5.74, 6) is -0.0399.